The number of benzene rings is 4. The number of fused-ring (bicyclic) bond motifs is 6. The van der Waals surface area contributed by atoms with Gasteiger partial charge in [-0.3, -0.25) is 0 Å². The smallest absolute Gasteiger partial charge is 0.182 e. The van der Waals surface area contributed by atoms with Gasteiger partial charge in [0.25, 0.3) is 0 Å². The maximum absolute atomic E-state index is 6.76. The van der Waals surface area contributed by atoms with Crippen molar-refractivity contribution in [3.8, 4) is 22.3 Å². The van der Waals surface area contributed by atoms with E-state index >= 15 is 0 Å². The Hall–Kier alpha value is -3.20. The van der Waals surface area contributed by atoms with E-state index in [4.69, 9.17) is 9.47 Å². The van der Waals surface area contributed by atoms with Gasteiger partial charge in [0.1, 0.15) is 0 Å². The average Bonchev–Trinajstić information content (AvgIpc) is 3.52. The molecule has 206 valence electrons. The van der Waals surface area contributed by atoms with Crippen molar-refractivity contribution >= 4 is 0 Å². The molecule has 1 unspecified atom stereocenters. The molecule has 0 saturated carbocycles. The molecule has 2 heteroatoms. The zero-order chi connectivity index (χ0) is 27.5. The molecular formula is C38H42O2. The third kappa shape index (κ3) is 4.42. The van der Waals surface area contributed by atoms with E-state index < -0.39 is 5.79 Å². The van der Waals surface area contributed by atoms with Crippen LogP contribution in [0.2, 0.25) is 0 Å². The summed E-state index contributed by atoms with van der Waals surface area (Å²) in [7, 11) is 3.74. The van der Waals surface area contributed by atoms with Crippen molar-refractivity contribution in [3.63, 3.8) is 0 Å². The molecule has 1 atom stereocenters. The van der Waals surface area contributed by atoms with Crippen molar-refractivity contribution < 1.29 is 9.47 Å². The van der Waals surface area contributed by atoms with Gasteiger partial charge >= 0.3 is 0 Å². The van der Waals surface area contributed by atoms with Gasteiger partial charge in [0.05, 0.1) is 5.92 Å². The summed E-state index contributed by atoms with van der Waals surface area (Å²) in [6, 6.07) is 35.7. The molecule has 4 aromatic carbocycles. The van der Waals surface area contributed by atoms with Crippen molar-refractivity contribution in [2.75, 3.05) is 14.2 Å². The van der Waals surface area contributed by atoms with Crippen LogP contribution in [0.15, 0.2) is 97.1 Å². The van der Waals surface area contributed by atoms with Crippen molar-refractivity contribution in [1.82, 2.24) is 0 Å². The zero-order valence-electron chi connectivity index (χ0n) is 24.2. The second-order valence-corrected chi connectivity index (χ2v) is 11.6. The van der Waals surface area contributed by atoms with Gasteiger partial charge in [-0.1, -0.05) is 143 Å². The maximum atomic E-state index is 6.76. The summed E-state index contributed by atoms with van der Waals surface area (Å²) < 4.78 is 13.5. The molecule has 0 saturated heterocycles. The molecule has 40 heavy (non-hydrogen) atoms. The van der Waals surface area contributed by atoms with Gasteiger partial charge in [-0.25, -0.2) is 0 Å². The van der Waals surface area contributed by atoms with Gasteiger partial charge in [-0.2, -0.15) is 0 Å². The van der Waals surface area contributed by atoms with Crippen molar-refractivity contribution in [3.05, 3.63) is 119 Å². The summed E-state index contributed by atoms with van der Waals surface area (Å²) in [5.41, 5.74) is 10.7. The van der Waals surface area contributed by atoms with Crippen LogP contribution in [0.3, 0.4) is 0 Å². The van der Waals surface area contributed by atoms with E-state index in [-0.39, 0.29) is 17.8 Å². The van der Waals surface area contributed by atoms with Crippen LogP contribution in [-0.4, -0.2) is 20.0 Å². The number of unbranched alkanes of at least 4 members (excludes halogenated alkanes) is 5. The Balaban J connectivity index is 1.50. The summed E-state index contributed by atoms with van der Waals surface area (Å²) in [6.45, 7) is 2.29. The monoisotopic (exact) mass is 530 g/mol. The molecule has 4 aromatic rings. The van der Waals surface area contributed by atoms with Gasteiger partial charge in [0, 0.05) is 26.1 Å². The molecule has 2 nitrogen and oxygen atoms in total. The van der Waals surface area contributed by atoms with Crippen LogP contribution in [0, 0.1) is 5.92 Å². The summed E-state index contributed by atoms with van der Waals surface area (Å²) in [5.74, 6) is -0.521. The van der Waals surface area contributed by atoms with Crippen LogP contribution < -0.4 is 0 Å². The molecule has 0 N–H and O–H groups in total. The average molecular weight is 531 g/mol. The molecule has 6 rings (SSSR count). The number of rotatable bonds is 12. The standard InChI is InChI=1S/C38H42O2/c1-4-5-6-7-8-9-26-35(36-31-22-14-10-18-27(31)28-19-11-15-23-32(28)36)38(39-2,40-3)37-33-24-16-12-20-29(33)30-21-13-17-25-34(30)37/h10-25,35-37H,4-9,26H2,1-3H3. The number of ether oxygens (including phenoxy) is 2. The third-order valence-corrected chi connectivity index (χ3v) is 9.54. The topological polar surface area (TPSA) is 18.5 Å². The fourth-order valence-corrected chi connectivity index (χ4v) is 7.80. The predicted octanol–water partition coefficient (Wildman–Crippen LogP) is 9.97. The Morgan fingerprint density at radius 2 is 0.950 bits per heavy atom. The summed E-state index contributed by atoms with van der Waals surface area (Å²) in [5, 5.41) is 0. The summed E-state index contributed by atoms with van der Waals surface area (Å²) in [4.78, 5) is 0. The first kappa shape index (κ1) is 27.0. The Labute approximate surface area is 240 Å². The fraction of sp³-hybridized carbons (Fsp3) is 0.368. The van der Waals surface area contributed by atoms with Gasteiger partial charge in [-0.05, 0) is 50.9 Å². The lowest BCUT2D eigenvalue weighted by molar-refractivity contribution is -0.252. The van der Waals surface area contributed by atoms with E-state index in [1.54, 1.807) is 0 Å². The Kier molecular flexibility index (Phi) is 7.91. The zero-order valence-corrected chi connectivity index (χ0v) is 24.2. The fourth-order valence-electron chi connectivity index (χ4n) is 7.80. The second kappa shape index (κ2) is 11.7. The van der Waals surface area contributed by atoms with Crippen LogP contribution in [0.5, 0.6) is 0 Å². The lowest BCUT2D eigenvalue weighted by atomic mass is 9.70. The molecule has 0 heterocycles. The van der Waals surface area contributed by atoms with Gasteiger partial charge in [0.15, 0.2) is 5.79 Å². The van der Waals surface area contributed by atoms with Gasteiger partial charge < -0.3 is 9.47 Å². The molecule has 0 aromatic heterocycles. The van der Waals surface area contributed by atoms with Crippen LogP contribution in [0.4, 0.5) is 0 Å². The molecule has 2 aliphatic carbocycles. The molecule has 0 bridgehead atoms. The molecule has 0 spiro atoms. The summed E-state index contributed by atoms with van der Waals surface area (Å²) in [6.07, 6.45) is 8.66. The molecule has 0 radical (unpaired) electrons. The van der Waals surface area contributed by atoms with Crippen LogP contribution in [0.25, 0.3) is 22.3 Å². The predicted molar refractivity (Wildman–Crippen MR) is 166 cm³/mol. The maximum Gasteiger partial charge on any atom is 0.182 e. The normalized spacial score (nSPS) is 15.0. The van der Waals surface area contributed by atoms with Gasteiger partial charge in [-0.15, -0.1) is 0 Å². The van der Waals surface area contributed by atoms with Crippen molar-refractivity contribution in [2.24, 2.45) is 5.92 Å². The second-order valence-electron chi connectivity index (χ2n) is 11.6. The largest absolute Gasteiger partial charge is 0.352 e. The minimum atomic E-state index is -0.832. The number of methoxy groups -OCH3 is 2. The van der Waals surface area contributed by atoms with E-state index in [1.807, 2.05) is 14.2 Å². The van der Waals surface area contributed by atoms with Gasteiger partial charge in [0.2, 0.25) is 0 Å². The molecule has 0 fully saturated rings. The first-order chi connectivity index (χ1) is 19.7. The Morgan fingerprint density at radius 1 is 0.550 bits per heavy atom. The minimum Gasteiger partial charge on any atom is -0.352 e. The molecular weight excluding hydrogens is 488 g/mol. The molecule has 0 amide bonds. The lowest BCUT2D eigenvalue weighted by Crippen LogP contribution is -2.49. The van der Waals surface area contributed by atoms with Crippen LogP contribution in [-0.2, 0) is 9.47 Å². The highest BCUT2D eigenvalue weighted by Gasteiger charge is 2.55. The Morgan fingerprint density at radius 3 is 1.43 bits per heavy atom. The minimum absolute atomic E-state index is 0.0140. The third-order valence-electron chi connectivity index (χ3n) is 9.54. The molecule has 0 aliphatic heterocycles. The van der Waals surface area contributed by atoms with E-state index in [2.05, 4.69) is 104 Å². The first-order valence-corrected chi connectivity index (χ1v) is 15.2. The van der Waals surface area contributed by atoms with E-state index in [0.29, 0.717) is 0 Å². The Bertz CT molecular complexity index is 1360. The van der Waals surface area contributed by atoms with E-state index in [9.17, 15) is 0 Å². The lowest BCUT2D eigenvalue weighted by Gasteiger charge is -2.46. The highest BCUT2D eigenvalue weighted by molar-refractivity contribution is 5.81. The summed E-state index contributed by atoms with van der Waals surface area (Å²) >= 11 is 0. The van der Waals surface area contributed by atoms with E-state index in [1.165, 1.54) is 83.0 Å². The van der Waals surface area contributed by atoms with Crippen LogP contribution >= 0.6 is 0 Å². The molecule has 2 aliphatic rings. The quantitative estimate of drug-likeness (QED) is 0.134. The SMILES string of the molecule is CCCCCCCCC(C1c2ccccc2-c2ccccc21)C(OC)(OC)C1c2ccccc2-c2ccccc21. The highest BCUT2D eigenvalue weighted by atomic mass is 16.7. The van der Waals surface area contributed by atoms with E-state index in [0.717, 1.165) is 6.42 Å². The van der Waals surface area contributed by atoms with Crippen LogP contribution in [0.1, 0.15) is 86.0 Å². The number of hydrogen-bond acceptors (Lipinski definition) is 2. The van der Waals surface area contributed by atoms with Crippen molar-refractivity contribution in [1.29, 1.82) is 0 Å². The number of hydrogen-bond donors (Lipinski definition) is 0. The van der Waals surface area contributed by atoms with Crippen molar-refractivity contribution in [2.45, 2.75) is 69.5 Å². The first-order valence-electron chi connectivity index (χ1n) is 15.2. The highest BCUT2D eigenvalue weighted by Crippen LogP contribution is 2.59.